The van der Waals surface area contributed by atoms with Crippen LogP contribution in [0.1, 0.15) is 44.2 Å². The molecule has 0 aliphatic heterocycles. The quantitative estimate of drug-likeness (QED) is 0.800. The van der Waals surface area contributed by atoms with Gasteiger partial charge in [-0.05, 0) is 44.4 Å². The largest absolute Gasteiger partial charge is 0.496 e. The summed E-state index contributed by atoms with van der Waals surface area (Å²) in [5, 5.41) is 3.59. The van der Waals surface area contributed by atoms with Gasteiger partial charge in [0.05, 0.1) is 25.8 Å². The van der Waals surface area contributed by atoms with Crippen LogP contribution in [-0.4, -0.2) is 20.8 Å². The van der Waals surface area contributed by atoms with Gasteiger partial charge < -0.3 is 14.8 Å². The molecule has 1 unspecified atom stereocenters. The molecular formula is C17H25NO2. The first-order chi connectivity index (χ1) is 9.81. The SMILES string of the molecule is CCNC(C1=CCCCC1)c1c(OC)cccc1OC. The standard InChI is InChI=1S/C17H25NO2/c1-4-18-17(13-9-6-5-7-10-13)16-14(19-2)11-8-12-15(16)20-3/h8-9,11-12,17-18H,4-7,10H2,1-3H3. The Morgan fingerprint density at radius 3 is 2.35 bits per heavy atom. The number of nitrogens with one attached hydrogen (secondary N) is 1. The van der Waals surface area contributed by atoms with Crippen molar-refractivity contribution in [3.63, 3.8) is 0 Å². The fraction of sp³-hybridized carbons (Fsp3) is 0.529. The molecule has 0 amide bonds. The summed E-state index contributed by atoms with van der Waals surface area (Å²) in [5.74, 6) is 1.78. The number of rotatable bonds is 6. The zero-order chi connectivity index (χ0) is 14.4. The Morgan fingerprint density at radius 1 is 1.15 bits per heavy atom. The number of hydrogen-bond acceptors (Lipinski definition) is 3. The lowest BCUT2D eigenvalue weighted by Crippen LogP contribution is -2.24. The van der Waals surface area contributed by atoms with Gasteiger partial charge in [0, 0.05) is 0 Å². The van der Waals surface area contributed by atoms with Gasteiger partial charge in [-0.15, -0.1) is 0 Å². The molecule has 0 aromatic heterocycles. The zero-order valence-electron chi connectivity index (χ0n) is 12.7. The van der Waals surface area contributed by atoms with Gasteiger partial charge in [0.2, 0.25) is 0 Å². The van der Waals surface area contributed by atoms with Crippen LogP contribution in [0.3, 0.4) is 0 Å². The number of methoxy groups -OCH3 is 2. The second-order valence-electron chi connectivity index (χ2n) is 5.09. The third-order valence-corrected chi connectivity index (χ3v) is 3.86. The Bertz CT molecular complexity index is 446. The Hall–Kier alpha value is -1.48. The van der Waals surface area contributed by atoms with Gasteiger partial charge in [0.25, 0.3) is 0 Å². The lowest BCUT2D eigenvalue weighted by Gasteiger charge is -2.27. The fourth-order valence-electron chi connectivity index (χ4n) is 2.91. The minimum atomic E-state index is 0.186. The molecule has 3 nitrogen and oxygen atoms in total. The molecule has 1 aromatic rings. The van der Waals surface area contributed by atoms with Crippen molar-refractivity contribution in [2.45, 2.75) is 38.6 Å². The molecule has 1 atom stereocenters. The molecule has 0 saturated heterocycles. The molecule has 1 aliphatic carbocycles. The molecule has 0 spiro atoms. The first kappa shape index (κ1) is 14.9. The molecule has 0 radical (unpaired) electrons. The van der Waals surface area contributed by atoms with Gasteiger partial charge in [0.1, 0.15) is 11.5 Å². The van der Waals surface area contributed by atoms with Crippen LogP contribution < -0.4 is 14.8 Å². The highest BCUT2D eigenvalue weighted by Crippen LogP contribution is 2.39. The van der Waals surface area contributed by atoms with Crippen molar-refractivity contribution in [2.75, 3.05) is 20.8 Å². The van der Waals surface area contributed by atoms with Gasteiger partial charge in [-0.25, -0.2) is 0 Å². The molecule has 3 heteroatoms. The van der Waals surface area contributed by atoms with Gasteiger partial charge in [-0.3, -0.25) is 0 Å². The van der Waals surface area contributed by atoms with Crippen LogP contribution in [0.2, 0.25) is 0 Å². The highest BCUT2D eigenvalue weighted by molar-refractivity contribution is 5.50. The van der Waals surface area contributed by atoms with E-state index in [2.05, 4.69) is 18.3 Å². The molecule has 1 aliphatic rings. The molecule has 0 fully saturated rings. The van der Waals surface area contributed by atoms with Crippen molar-refractivity contribution in [3.05, 3.63) is 35.4 Å². The normalized spacial score (nSPS) is 16.4. The molecule has 20 heavy (non-hydrogen) atoms. The third-order valence-electron chi connectivity index (χ3n) is 3.86. The van der Waals surface area contributed by atoms with Crippen molar-refractivity contribution < 1.29 is 9.47 Å². The fourth-order valence-corrected chi connectivity index (χ4v) is 2.91. The lowest BCUT2D eigenvalue weighted by atomic mass is 9.89. The van der Waals surface area contributed by atoms with E-state index < -0.39 is 0 Å². The smallest absolute Gasteiger partial charge is 0.127 e. The van der Waals surface area contributed by atoms with E-state index in [-0.39, 0.29) is 6.04 Å². The average molecular weight is 275 g/mol. The lowest BCUT2D eigenvalue weighted by molar-refractivity contribution is 0.375. The maximum atomic E-state index is 5.56. The summed E-state index contributed by atoms with van der Waals surface area (Å²) in [6, 6.07) is 6.17. The average Bonchev–Trinajstić information content (AvgIpc) is 2.52. The van der Waals surface area contributed by atoms with Gasteiger partial charge >= 0.3 is 0 Å². The van der Waals surface area contributed by atoms with E-state index in [4.69, 9.17) is 9.47 Å². The van der Waals surface area contributed by atoms with Gasteiger partial charge in [-0.1, -0.05) is 24.6 Å². The number of hydrogen-bond donors (Lipinski definition) is 1. The molecular weight excluding hydrogens is 250 g/mol. The second kappa shape index (κ2) is 7.34. The van der Waals surface area contributed by atoms with Crippen LogP contribution in [0, 0.1) is 0 Å². The molecule has 1 aromatic carbocycles. The van der Waals surface area contributed by atoms with Crippen molar-refractivity contribution in [1.82, 2.24) is 5.32 Å². The molecule has 110 valence electrons. The topological polar surface area (TPSA) is 30.5 Å². The maximum Gasteiger partial charge on any atom is 0.127 e. The third kappa shape index (κ3) is 3.15. The minimum Gasteiger partial charge on any atom is -0.496 e. The maximum absolute atomic E-state index is 5.56. The van der Waals surface area contributed by atoms with Crippen LogP contribution in [0.15, 0.2) is 29.8 Å². The van der Waals surface area contributed by atoms with E-state index in [0.717, 1.165) is 30.0 Å². The van der Waals surface area contributed by atoms with Gasteiger partial charge in [0.15, 0.2) is 0 Å². The Labute approximate surface area is 122 Å². The van der Waals surface area contributed by atoms with E-state index in [1.807, 2.05) is 18.2 Å². The Morgan fingerprint density at radius 2 is 1.85 bits per heavy atom. The second-order valence-corrected chi connectivity index (χ2v) is 5.09. The summed E-state index contributed by atoms with van der Waals surface area (Å²) in [7, 11) is 3.44. The Kier molecular flexibility index (Phi) is 5.48. The highest BCUT2D eigenvalue weighted by Gasteiger charge is 2.24. The summed E-state index contributed by atoms with van der Waals surface area (Å²) in [4.78, 5) is 0. The Balaban J connectivity index is 2.44. The predicted octanol–water partition coefficient (Wildman–Crippen LogP) is 3.85. The zero-order valence-corrected chi connectivity index (χ0v) is 12.7. The number of ether oxygens (including phenoxy) is 2. The summed E-state index contributed by atoms with van der Waals surface area (Å²) in [6.45, 7) is 3.06. The molecule has 1 N–H and O–H groups in total. The van der Waals surface area contributed by atoms with E-state index in [9.17, 15) is 0 Å². The predicted molar refractivity (Wildman–Crippen MR) is 82.5 cm³/mol. The van der Waals surface area contributed by atoms with Crippen molar-refractivity contribution in [3.8, 4) is 11.5 Å². The number of likely N-dealkylation sites (N-methyl/N-ethyl adjacent to an activating group) is 1. The van der Waals surface area contributed by atoms with E-state index in [0.29, 0.717) is 0 Å². The van der Waals surface area contributed by atoms with Crippen molar-refractivity contribution in [2.24, 2.45) is 0 Å². The van der Waals surface area contributed by atoms with E-state index in [1.54, 1.807) is 14.2 Å². The van der Waals surface area contributed by atoms with Crippen LogP contribution in [0.5, 0.6) is 11.5 Å². The monoisotopic (exact) mass is 275 g/mol. The highest BCUT2D eigenvalue weighted by atomic mass is 16.5. The van der Waals surface area contributed by atoms with Crippen molar-refractivity contribution >= 4 is 0 Å². The van der Waals surface area contributed by atoms with E-state index in [1.165, 1.54) is 24.8 Å². The molecule has 0 saturated carbocycles. The number of benzene rings is 1. The summed E-state index contributed by atoms with van der Waals surface area (Å²) < 4.78 is 11.1. The van der Waals surface area contributed by atoms with E-state index >= 15 is 0 Å². The van der Waals surface area contributed by atoms with Crippen LogP contribution in [-0.2, 0) is 0 Å². The summed E-state index contributed by atoms with van der Waals surface area (Å²) in [5.41, 5.74) is 2.58. The summed E-state index contributed by atoms with van der Waals surface area (Å²) in [6.07, 6.45) is 7.27. The first-order valence-electron chi connectivity index (χ1n) is 7.45. The summed E-state index contributed by atoms with van der Waals surface area (Å²) >= 11 is 0. The number of allylic oxidation sites excluding steroid dienone is 1. The minimum absolute atomic E-state index is 0.186. The van der Waals surface area contributed by atoms with Crippen LogP contribution >= 0.6 is 0 Å². The first-order valence-corrected chi connectivity index (χ1v) is 7.45. The van der Waals surface area contributed by atoms with Crippen LogP contribution in [0.25, 0.3) is 0 Å². The van der Waals surface area contributed by atoms with Crippen molar-refractivity contribution in [1.29, 1.82) is 0 Å². The molecule has 0 heterocycles. The molecule has 0 bridgehead atoms. The van der Waals surface area contributed by atoms with Crippen LogP contribution in [0.4, 0.5) is 0 Å². The van der Waals surface area contributed by atoms with Gasteiger partial charge in [-0.2, -0.15) is 0 Å². The molecule has 2 rings (SSSR count).